The lowest BCUT2D eigenvalue weighted by atomic mass is 10.3. The fraction of sp³-hybridized carbons (Fsp3) is 0.400. The van der Waals surface area contributed by atoms with Gasteiger partial charge < -0.3 is 15.2 Å². The lowest BCUT2D eigenvalue weighted by Gasteiger charge is -2.12. The van der Waals surface area contributed by atoms with Crippen LogP contribution in [0.5, 0.6) is 5.75 Å². The maximum absolute atomic E-state index is 10.7. The van der Waals surface area contributed by atoms with Crippen LogP contribution in [0.15, 0.2) is 11.4 Å². The molecule has 1 aromatic heterocycles. The van der Waals surface area contributed by atoms with Crippen molar-refractivity contribution >= 4 is 23.2 Å². The smallest absolute Gasteiger partial charge is 0.346 e. The number of nitrogens with one attached hydrogen (secondary N) is 1. The molecule has 88 valence electrons. The van der Waals surface area contributed by atoms with Gasteiger partial charge in [-0.1, -0.05) is 0 Å². The van der Waals surface area contributed by atoms with Crippen LogP contribution in [-0.4, -0.2) is 29.6 Å². The molecule has 0 aliphatic carbocycles. The van der Waals surface area contributed by atoms with Gasteiger partial charge in [0.05, 0.1) is 6.04 Å². The summed E-state index contributed by atoms with van der Waals surface area (Å²) >= 11 is 1.11. The summed E-state index contributed by atoms with van der Waals surface area (Å²) in [6, 6.07) is 1.36. The van der Waals surface area contributed by atoms with Gasteiger partial charge in [-0.05, 0) is 6.92 Å². The SMILES string of the molecule is CC(=O)NC(C)COc1csc(C(=O)O)c1. The molecule has 0 spiro atoms. The van der Waals surface area contributed by atoms with Crippen molar-refractivity contribution in [3.8, 4) is 5.75 Å². The minimum atomic E-state index is -0.963. The van der Waals surface area contributed by atoms with Crippen LogP contribution in [-0.2, 0) is 4.79 Å². The van der Waals surface area contributed by atoms with Gasteiger partial charge in [0, 0.05) is 18.4 Å². The number of ether oxygens (including phenoxy) is 1. The largest absolute Gasteiger partial charge is 0.491 e. The predicted octanol–water partition coefficient (Wildman–Crippen LogP) is 1.35. The highest BCUT2D eigenvalue weighted by Gasteiger charge is 2.09. The molecular formula is C10H13NO4S. The molecule has 0 saturated carbocycles. The molecule has 16 heavy (non-hydrogen) atoms. The van der Waals surface area contributed by atoms with E-state index in [2.05, 4.69) is 5.32 Å². The molecular weight excluding hydrogens is 230 g/mol. The molecule has 1 atom stereocenters. The molecule has 0 bridgehead atoms. The lowest BCUT2D eigenvalue weighted by Crippen LogP contribution is -2.35. The van der Waals surface area contributed by atoms with Crippen LogP contribution in [0.1, 0.15) is 23.5 Å². The average molecular weight is 243 g/mol. The van der Waals surface area contributed by atoms with E-state index >= 15 is 0 Å². The monoisotopic (exact) mass is 243 g/mol. The third-order valence-electron chi connectivity index (χ3n) is 1.74. The van der Waals surface area contributed by atoms with Gasteiger partial charge >= 0.3 is 5.97 Å². The lowest BCUT2D eigenvalue weighted by molar-refractivity contribution is -0.119. The van der Waals surface area contributed by atoms with E-state index in [1.807, 2.05) is 6.92 Å². The highest BCUT2D eigenvalue weighted by atomic mass is 32.1. The molecule has 1 unspecified atom stereocenters. The van der Waals surface area contributed by atoms with Gasteiger partial charge in [0.2, 0.25) is 5.91 Å². The maximum Gasteiger partial charge on any atom is 0.346 e. The van der Waals surface area contributed by atoms with E-state index < -0.39 is 5.97 Å². The Hall–Kier alpha value is -1.56. The molecule has 0 aliphatic heterocycles. The van der Waals surface area contributed by atoms with Gasteiger partial charge in [-0.25, -0.2) is 4.79 Å². The maximum atomic E-state index is 10.7. The summed E-state index contributed by atoms with van der Waals surface area (Å²) in [7, 11) is 0. The second-order valence-electron chi connectivity index (χ2n) is 3.36. The molecule has 1 amide bonds. The summed E-state index contributed by atoms with van der Waals surface area (Å²) < 4.78 is 5.33. The number of hydrogen-bond donors (Lipinski definition) is 2. The molecule has 5 nitrogen and oxygen atoms in total. The summed E-state index contributed by atoms with van der Waals surface area (Å²) in [5.74, 6) is -0.568. The Morgan fingerprint density at radius 2 is 2.31 bits per heavy atom. The Morgan fingerprint density at radius 3 is 2.81 bits per heavy atom. The molecule has 1 aromatic rings. The van der Waals surface area contributed by atoms with Crippen LogP contribution >= 0.6 is 11.3 Å². The number of carboxylic acids is 1. The molecule has 1 rings (SSSR count). The third kappa shape index (κ3) is 3.90. The number of carboxylic acid groups (broad SMARTS) is 1. The number of thiophene rings is 1. The highest BCUT2D eigenvalue weighted by Crippen LogP contribution is 2.21. The van der Waals surface area contributed by atoms with Gasteiger partial charge in [0.25, 0.3) is 0 Å². The Morgan fingerprint density at radius 1 is 1.62 bits per heavy atom. The average Bonchev–Trinajstić information content (AvgIpc) is 2.61. The van der Waals surface area contributed by atoms with E-state index in [0.29, 0.717) is 12.4 Å². The minimum Gasteiger partial charge on any atom is -0.491 e. The van der Waals surface area contributed by atoms with Crippen molar-refractivity contribution in [2.45, 2.75) is 19.9 Å². The Balaban J connectivity index is 2.42. The molecule has 0 aromatic carbocycles. The van der Waals surface area contributed by atoms with E-state index in [1.165, 1.54) is 13.0 Å². The predicted molar refractivity (Wildman–Crippen MR) is 60.1 cm³/mol. The van der Waals surface area contributed by atoms with Crippen LogP contribution < -0.4 is 10.1 Å². The van der Waals surface area contributed by atoms with Crippen LogP contribution in [0.2, 0.25) is 0 Å². The topological polar surface area (TPSA) is 75.6 Å². The summed E-state index contributed by atoms with van der Waals surface area (Å²) in [6.45, 7) is 3.56. The zero-order chi connectivity index (χ0) is 12.1. The number of rotatable bonds is 5. The fourth-order valence-corrected chi connectivity index (χ4v) is 1.78. The van der Waals surface area contributed by atoms with Crippen molar-refractivity contribution < 1.29 is 19.4 Å². The molecule has 1 heterocycles. The van der Waals surface area contributed by atoms with E-state index in [0.717, 1.165) is 11.3 Å². The second-order valence-corrected chi connectivity index (χ2v) is 4.28. The standard InChI is InChI=1S/C10H13NO4S/c1-6(11-7(2)12)4-15-8-3-9(10(13)14)16-5-8/h3,5-6H,4H2,1-2H3,(H,11,12)(H,13,14). The van der Waals surface area contributed by atoms with Crippen molar-refractivity contribution in [3.05, 3.63) is 16.3 Å². The van der Waals surface area contributed by atoms with Crippen LogP contribution in [0.3, 0.4) is 0 Å². The first-order valence-corrected chi connectivity index (χ1v) is 5.58. The Labute approximate surface area is 97.0 Å². The van der Waals surface area contributed by atoms with Crippen molar-refractivity contribution in [3.63, 3.8) is 0 Å². The van der Waals surface area contributed by atoms with Crippen molar-refractivity contribution in [2.24, 2.45) is 0 Å². The highest BCUT2D eigenvalue weighted by molar-refractivity contribution is 7.12. The molecule has 2 N–H and O–H groups in total. The minimum absolute atomic E-state index is 0.106. The first kappa shape index (κ1) is 12.5. The zero-order valence-electron chi connectivity index (χ0n) is 9.02. The molecule has 6 heteroatoms. The fourth-order valence-electron chi connectivity index (χ4n) is 1.12. The molecule has 0 aliphatic rings. The van der Waals surface area contributed by atoms with Gasteiger partial charge in [-0.15, -0.1) is 11.3 Å². The van der Waals surface area contributed by atoms with Crippen LogP contribution in [0.4, 0.5) is 0 Å². The van der Waals surface area contributed by atoms with E-state index in [-0.39, 0.29) is 16.8 Å². The zero-order valence-corrected chi connectivity index (χ0v) is 9.84. The quantitative estimate of drug-likeness (QED) is 0.818. The van der Waals surface area contributed by atoms with E-state index in [9.17, 15) is 9.59 Å². The molecule has 0 radical (unpaired) electrons. The number of hydrogen-bond acceptors (Lipinski definition) is 4. The van der Waals surface area contributed by atoms with Crippen molar-refractivity contribution in [1.82, 2.24) is 5.32 Å². The number of carbonyl (C=O) groups is 2. The Bertz CT molecular complexity index is 388. The van der Waals surface area contributed by atoms with Gasteiger partial charge in [-0.2, -0.15) is 0 Å². The van der Waals surface area contributed by atoms with Gasteiger partial charge in [0.1, 0.15) is 17.2 Å². The molecule has 0 saturated heterocycles. The number of carbonyl (C=O) groups excluding carboxylic acids is 1. The molecule has 0 fully saturated rings. The normalized spacial score (nSPS) is 11.9. The summed E-state index contributed by atoms with van der Waals surface area (Å²) in [5, 5.41) is 13.0. The van der Waals surface area contributed by atoms with E-state index in [1.54, 1.807) is 5.38 Å². The number of amides is 1. The summed E-state index contributed by atoms with van der Waals surface area (Å²) in [5.41, 5.74) is 0. The second kappa shape index (κ2) is 5.50. The van der Waals surface area contributed by atoms with Crippen molar-refractivity contribution in [1.29, 1.82) is 0 Å². The third-order valence-corrected chi connectivity index (χ3v) is 2.63. The van der Waals surface area contributed by atoms with E-state index in [4.69, 9.17) is 9.84 Å². The Kier molecular flexibility index (Phi) is 4.30. The van der Waals surface area contributed by atoms with Gasteiger partial charge in [-0.3, -0.25) is 4.79 Å². The van der Waals surface area contributed by atoms with Crippen molar-refractivity contribution in [2.75, 3.05) is 6.61 Å². The van der Waals surface area contributed by atoms with Crippen LogP contribution in [0, 0.1) is 0 Å². The first-order chi connectivity index (χ1) is 7.49. The summed E-state index contributed by atoms with van der Waals surface area (Å²) in [6.07, 6.45) is 0. The summed E-state index contributed by atoms with van der Waals surface area (Å²) in [4.78, 5) is 21.6. The van der Waals surface area contributed by atoms with Gasteiger partial charge in [0.15, 0.2) is 0 Å². The van der Waals surface area contributed by atoms with Crippen LogP contribution in [0.25, 0.3) is 0 Å². The first-order valence-electron chi connectivity index (χ1n) is 4.70. The number of aromatic carboxylic acids is 1.